The second kappa shape index (κ2) is 5.66. The second-order valence-electron chi connectivity index (χ2n) is 5.15. The van der Waals surface area contributed by atoms with Gasteiger partial charge in [-0.2, -0.15) is 17.0 Å². The number of carboxylic acid groups (broad SMARTS) is 2. The third-order valence-corrected chi connectivity index (χ3v) is 5.93. The second-order valence-corrected chi connectivity index (χ2v) is 7.08. The average molecular weight is 306 g/mol. The van der Waals surface area contributed by atoms with Gasteiger partial charge in [0.2, 0.25) is 0 Å². The van der Waals surface area contributed by atoms with Gasteiger partial charge in [0.05, 0.1) is 11.8 Å². The Hall–Kier alpha value is -1.19. The molecule has 8 nitrogen and oxygen atoms in total. The lowest BCUT2D eigenvalue weighted by Crippen LogP contribution is -2.52. The van der Waals surface area contributed by atoms with E-state index in [-0.39, 0.29) is 19.5 Å². The molecule has 2 saturated heterocycles. The highest BCUT2D eigenvalue weighted by molar-refractivity contribution is 7.86. The molecule has 0 amide bonds. The summed E-state index contributed by atoms with van der Waals surface area (Å²) in [6, 6.07) is 0. The molecule has 9 heteroatoms. The maximum Gasteiger partial charge on any atom is 0.308 e. The van der Waals surface area contributed by atoms with E-state index in [0.717, 1.165) is 17.1 Å². The van der Waals surface area contributed by atoms with Crippen molar-refractivity contribution in [2.75, 3.05) is 26.2 Å². The zero-order valence-electron chi connectivity index (χ0n) is 10.9. The van der Waals surface area contributed by atoms with Gasteiger partial charge in [0.1, 0.15) is 0 Å². The molecule has 2 unspecified atom stereocenters. The average Bonchev–Trinajstić information content (AvgIpc) is 2.92. The van der Waals surface area contributed by atoms with Crippen LogP contribution < -0.4 is 0 Å². The molecule has 0 radical (unpaired) electrons. The molecular weight excluding hydrogens is 288 g/mol. The van der Waals surface area contributed by atoms with Crippen molar-refractivity contribution in [3.8, 4) is 0 Å². The first-order valence-corrected chi connectivity index (χ1v) is 7.94. The van der Waals surface area contributed by atoms with Gasteiger partial charge in [0.15, 0.2) is 0 Å². The molecule has 2 atom stereocenters. The molecule has 0 saturated carbocycles. The van der Waals surface area contributed by atoms with E-state index in [1.54, 1.807) is 0 Å². The summed E-state index contributed by atoms with van der Waals surface area (Å²) in [6.45, 7) is 0.669. The fraction of sp³-hybridized carbons (Fsp3) is 0.818. The van der Waals surface area contributed by atoms with Crippen molar-refractivity contribution in [3.05, 3.63) is 0 Å². The van der Waals surface area contributed by atoms with Crippen LogP contribution in [0.15, 0.2) is 0 Å². The van der Waals surface area contributed by atoms with E-state index in [0.29, 0.717) is 13.1 Å². The Labute approximate surface area is 117 Å². The van der Waals surface area contributed by atoms with Crippen molar-refractivity contribution in [2.24, 2.45) is 11.8 Å². The first kappa shape index (κ1) is 15.2. The van der Waals surface area contributed by atoms with Crippen molar-refractivity contribution in [3.63, 3.8) is 0 Å². The van der Waals surface area contributed by atoms with E-state index in [2.05, 4.69) is 0 Å². The molecule has 2 aliphatic heterocycles. The van der Waals surface area contributed by atoms with E-state index in [1.165, 1.54) is 4.31 Å². The van der Waals surface area contributed by atoms with Crippen LogP contribution in [0.3, 0.4) is 0 Å². The Balaban J connectivity index is 2.15. The molecule has 2 aliphatic rings. The van der Waals surface area contributed by atoms with Crippen LogP contribution in [0, 0.1) is 11.8 Å². The lowest BCUT2D eigenvalue weighted by atomic mass is 9.86. The van der Waals surface area contributed by atoms with Crippen LogP contribution in [0.2, 0.25) is 0 Å². The Morgan fingerprint density at radius 3 is 1.95 bits per heavy atom. The number of nitrogens with zero attached hydrogens (tertiary/aromatic N) is 2. The molecule has 20 heavy (non-hydrogen) atoms. The van der Waals surface area contributed by atoms with Gasteiger partial charge in [-0.05, 0) is 19.3 Å². The minimum Gasteiger partial charge on any atom is -0.481 e. The van der Waals surface area contributed by atoms with Gasteiger partial charge in [0, 0.05) is 26.2 Å². The van der Waals surface area contributed by atoms with Crippen molar-refractivity contribution in [2.45, 2.75) is 19.3 Å². The number of piperidine rings is 1. The number of carbonyl (C=O) groups is 2. The molecule has 2 heterocycles. The summed E-state index contributed by atoms with van der Waals surface area (Å²) in [7, 11) is -3.67. The topological polar surface area (TPSA) is 115 Å². The maximum atomic E-state index is 12.3. The number of hydrogen-bond donors (Lipinski definition) is 2. The van der Waals surface area contributed by atoms with Gasteiger partial charge in [-0.25, -0.2) is 0 Å². The SMILES string of the molecule is O=C(O)C1CCN(S(=O)(=O)N2CCCC2)CC1C(=O)O. The number of aliphatic carboxylic acids is 2. The molecule has 0 aliphatic carbocycles. The lowest BCUT2D eigenvalue weighted by Gasteiger charge is -2.35. The first-order valence-electron chi connectivity index (χ1n) is 6.55. The van der Waals surface area contributed by atoms with Gasteiger partial charge < -0.3 is 10.2 Å². The normalized spacial score (nSPS) is 29.4. The smallest absolute Gasteiger partial charge is 0.308 e. The molecule has 0 aromatic heterocycles. The summed E-state index contributed by atoms with van der Waals surface area (Å²) in [4.78, 5) is 22.2. The highest BCUT2D eigenvalue weighted by atomic mass is 32.2. The highest BCUT2D eigenvalue weighted by Gasteiger charge is 2.43. The third-order valence-electron chi connectivity index (χ3n) is 3.93. The van der Waals surface area contributed by atoms with E-state index in [1.807, 2.05) is 0 Å². The van der Waals surface area contributed by atoms with Crippen LogP contribution in [0.25, 0.3) is 0 Å². The minimum atomic E-state index is -3.67. The van der Waals surface area contributed by atoms with Gasteiger partial charge in [-0.15, -0.1) is 0 Å². The van der Waals surface area contributed by atoms with Crippen molar-refractivity contribution < 1.29 is 28.2 Å². The molecule has 114 valence electrons. The zero-order chi connectivity index (χ0) is 14.9. The number of hydrogen-bond acceptors (Lipinski definition) is 4. The molecule has 2 fully saturated rings. The predicted molar refractivity (Wildman–Crippen MR) is 68.2 cm³/mol. The Kier molecular flexibility index (Phi) is 4.31. The molecule has 0 bridgehead atoms. The fourth-order valence-electron chi connectivity index (χ4n) is 2.76. The third kappa shape index (κ3) is 2.79. The summed E-state index contributed by atoms with van der Waals surface area (Å²) < 4.78 is 27.1. The fourth-order valence-corrected chi connectivity index (χ4v) is 4.49. The summed E-state index contributed by atoms with van der Waals surface area (Å²) in [5.41, 5.74) is 0. The maximum absolute atomic E-state index is 12.3. The lowest BCUT2D eigenvalue weighted by molar-refractivity contribution is -0.156. The molecular formula is C11H18N2O6S. The van der Waals surface area contributed by atoms with Crippen LogP contribution in [-0.4, -0.2) is 65.4 Å². The summed E-state index contributed by atoms with van der Waals surface area (Å²) >= 11 is 0. The van der Waals surface area contributed by atoms with E-state index in [4.69, 9.17) is 10.2 Å². The highest BCUT2D eigenvalue weighted by Crippen LogP contribution is 2.28. The molecule has 0 spiro atoms. The summed E-state index contributed by atoms with van der Waals surface area (Å²) in [5.74, 6) is -4.68. The van der Waals surface area contributed by atoms with E-state index in [9.17, 15) is 18.0 Å². The largest absolute Gasteiger partial charge is 0.481 e. The molecule has 0 aromatic carbocycles. The van der Waals surface area contributed by atoms with Gasteiger partial charge in [-0.1, -0.05) is 0 Å². The minimum absolute atomic E-state index is 0.0272. The van der Waals surface area contributed by atoms with Crippen LogP contribution in [-0.2, 0) is 19.8 Å². The molecule has 2 rings (SSSR count). The van der Waals surface area contributed by atoms with Crippen molar-refractivity contribution in [1.29, 1.82) is 0 Å². The predicted octanol–water partition coefficient (Wildman–Crippen LogP) is -0.566. The zero-order valence-corrected chi connectivity index (χ0v) is 11.8. The van der Waals surface area contributed by atoms with Gasteiger partial charge in [-0.3, -0.25) is 9.59 Å². The first-order chi connectivity index (χ1) is 9.34. The van der Waals surface area contributed by atoms with Crippen LogP contribution in [0.4, 0.5) is 0 Å². The monoisotopic (exact) mass is 306 g/mol. The Morgan fingerprint density at radius 2 is 1.45 bits per heavy atom. The Bertz CT molecular complexity index is 499. The standard InChI is InChI=1S/C11H18N2O6S/c14-10(15)8-3-6-13(7-9(8)11(16)17)20(18,19)12-4-1-2-5-12/h8-9H,1-7H2,(H,14,15)(H,16,17). The van der Waals surface area contributed by atoms with Gasteiger partial charge >= 0.3 is 11.9 Å². The molecule has 2 N–H and O–H groups in total. The summed E-state index contributed by atoms with van der Waals surface area (Å²) in [5, 5.41) is 18.1. The van der Waals surface area contributed by atoms with Gasteiger partial charge in [0.25, 0.3) is 10.2 Å². The summed E-state index contributed by atoms with van der Waals surface area (Å²) in [6.07, 6.45) is 1.62. The van der Waals surface area contributed by atoms with E-state index >= 15 is 0 Å². The quantitative estimate of drug-likeness (QED) is 0.719. The molecule has 0 aromatic rings. The van der Waals surface area contributed by atoms with Crippen LogP contribution in [0.5, 0.6) is 0 Å². The Morgan fingerprint density at radius 1 is 0.900 bits per heavy atom. The van der Waals surface area contributed by atoms with Crippen LogP contribution in [0.1, 0.15) is 19.3 Å². The van der Waals surface area contributed by atoms with Crippen molar-refractivity contribution in [1.82, 2.24) is 8.61 Å². The van der Waals surface area contributed by atoms with Crippen LogP contribution >= 0.6 is 0 Å². The number of carboxylic acids is 2. The number of rotatable bonds is 4. The van der Waals surface area contributed by atoms with Crippen molar-refractivity contribution >= 4 is 22.1 Å². The van der Waals surface area contributed by atoms with E-state index < -0.39 is 34.0 Å².